The maximum absolute atomic E-state index is 4.45. The van der Waals surface area contributed by atoms with Crippen molar-refractivity contribution in [2.24, 2.45) is 5.41 Å². The Morgan fingerprint density at radius 3 is 2.29 bits per heavy atom. The van der Waals surface area contributed by atoms with E-state index in [1.807, 2.05) is 13.2 Å². The van der Waals surface area contributed by atoms with Crippen LogP contribution < -0.4 is 5.32 Å². The molecule has 0 aliphatic heterocycles. The van der Waals surface area contributed by atoms with Gasteiger partial charge in [0.1, 0.15) is 0 Å². The summed E-state index contributed by atoms with van der Waals surface area (Å²) in [5, 5.41) is 3.32. The van der Waals surface area contributed by atoms with Crippen LogP contribution in [0.1, 0.15) is 38.1 Å². The van der Waals surface area contributed by atoms with E-state index < -0.39 is 0 Å². The van der Waals surface area contributed by atoms with Gasteiger partial charge in [-0.3, -0.25) is 4.98 Å². The highest BCUT2D eigenvalue weighted by molar-refractivity contribution is 5.16. The zero-order valence-corrected chi connectivity index (χ0v) is 9.76. The first kappa shape index (κ1) is 11.2. The van der Waals surface area contributed by atoms with Crippen LogP contribution in [0.2, 0.25) is 0 Å². The van der Waals surface area contributed by atoms with Gasteiger partial charge in [0.15, 0.2) is 0 Å². The number of hydrogen-bond acceptors (Lipinski definition) is 2. The summed E-state index contributed by atoms with van der Waals surface area (Å²) in [6.07, 6.45) is 1.92. The fourth-order valence-corrected chi connectivity index (χ4v) is 1.67. The first-order valence-corrected chi connectivity index (χ1v) is 5.05. The minimum Gasteiger partial charge on any atom is -0.311 e. The molecule has 14 heavy (non-hydrogen) atoms. The van der Waals surface area contributed by atoms with Crippen LogP contribution in [-0.4, -0.2) is 12.0 Å². The molecule has 2 heteroatoms. The first-order chi connectivity index (χ1) is 6.45. The lowest BCUT2D eigenvalue weighted by molar-refractivity contribution is 0.281. The second kappa shape index (κ2) is 4.09. The molecule has 0 spiro atoms. The normalized spacial score (nSPS) is 14.1. The number of pyridine rings is 1. The lowest BCUT2D eigenvalue weighted by atomic mass is 9.84. The summed E-state index contributed by atoms with van der Waals surface area (Å²) >= 11 is 0. The van der Waals surface area contributed by atoms with E-state index in [1.165, 1.54) is 5.56 Å². The Balaban J connectivity index is 2.96. The molecule has 0 aromatic carbocycles. The Hall–Kier alpha value is -0.890. The second-order valence-electron chi connectivity index (χ2n) is 4.85. The van der Waals surface area contributed by atoms with Gasteiger partial charge < -0.3 is 5.32 Å². The van der Waals surface area contributed by atoms with Gasteiger partial charge in [0, 0.05) is 6.20 Å². The van der Waals surface area contributed by atoms with Gasteiger partial charge in [0.05, 0.1) is 11.7 Å². The molecule has 0 amide bonds. The highest BCUT2D eigenvalue weighted by Crippen LogP contribution is 2.30. The number of rotatable bonds is 2. The molecule has 0 aliphatic carbocycles. The van der Waals surface area contributed by atoms with Crippen LogP contribution in [0.3, 0.4) is 0 Å². The minimum atomic E-state index is 0.191. The summed E-state index contributed by atoms with van der Waals surface area (Å²) in [7, 11) is 1.98. The van der Waals surface area contributed by atoms with E-state index in [0.717, 1.165) is 5.69 Å². The van der Waals surface area contributed by atoms with E-state index in [1.54, 1.807) is 0 Å². The fourth-order valence-electron chi connectivity index (χ4n) is 1.67. The van der Waals surface area contributed by atoms with Gasteiger partial charge in [-0.15, -0.1) is 0 Å². The van der Waals surface area contributed by atoms with Crippen molar-refractivity contribution in [1.29, 1.82) is 0 Å². The highest BCUT2D eigenvalue weighted by atomic mass is 14.9. The largest absolute Gasteiger partial charge is 0.311 e. The van der Waals surface area contributed by atoms with Gasteiger partial charge in [-0.1, -0.05) is 26.8 Å². The maximum atomic E-state index is 4.45. The molecule has 0 saturated heterocycles. The highest BCUT2D eigenvalue weighted by Gasteiger charge is 2.25. The summed E-state index contributed by atoms with van der Waals surface area (Å²) in [5.41, 5.74) is 2.51. The molecule has 1 N–H and O–H groups in total. The lowest BCUT2D eigenvalue weighted by Crippen LogP contribution is -2.30. The molecule has 2 nitrogen and oxygen atoms in total. The predicted octanol–water partition coefficient (Wildman–Crippen LogP) is 2.70. The van der Waals surface area contributed by atoms with Gasteiger partial charge >= 0.3 is 0 Å². The van der Waals surface area contributed by atoms with Crippen molar-refractivity contribution in [3.63, 3.8) is 0 Å². The Morgan fingerprint density at radius 1 is 1.29 bits per heavy atom. The predicted molar refractivity (Wildman–Crippen MR) is 60.2 cm³/mol. The number of hydrogen-bond donors (Lipinski definition) is 1. The number of aryl methyl sites for hydroxylation is 1. The van der Waals surface area contributed by atoms with Crippen LogP contribution in [-0.2, 0) is 0 Å². The quantitative estimate of drug-likeness (QED) is 0.779. The first-order valence-electron chi connectivity index (χ1n) is 5.05. The van der Waals surface area contributed by atoms with Crippen LogP contribution in [0.4, 0.5) is 0 Å². The van der Waals surface area contributed by atoms with Crippen molar-refractivity contribution >= 4 is 0 Å². The minimum absolute atomic E-state index is 0.191. The molecule has 78 valence electrons. The van der Waals surface area contributed by atoms with Crippen LogP contribution in [0.5, 0.6) is 0 Å². The Morgan fingerprint density at radius 2 is 1.93 bits per heavy atom. The average Bonchev–Trinajstić information content (AvgIpc) is 2.07. The summed E-state index contributed by atoms with van der Waals surface area (Å²) < 4.78 is 0. The van der Waals surface area contributed by atoms with Gasteiger partial charge in [0.2, 0.25) is 0 Å². The zero-order chi connectivity index (χ0) is 10.8. The van der Waals surface area contributed by atoms with Gasteiger partial charge in [-0.05, 0) is 31.0 Å². The van der Waals surface area contributed by atoms with Crippen LogP contribution in [0.15, 0.2) is 18.3 Å². The molecule has 1 heterocycles. The molecule has 1 atom stereocenters. The van der Waals surface area contributed by atoms with Gasteiger partial charge in [0.25, 0.3) is 0 Å². The molecule has 1 aromatic heterocycles. The van der Waals surface area contributed by atoms with Crippen LogP contribution >= 0.6 is 0 Å². The third kappa shape index (κ3) is 2.55. The topological polar surface area (TPSA) is 24.9 Å². The summed E-state index contributed by atoms with van der Waals surface area (Å²) in [6, 6.07) is 4.52. The van der Waals surface area contributed by atoms with Crippen LogP contribution in [0.25, 0.3) is 0 Å². The summed E-state index contributed by atoms with van der Waals surface area (Å²) in [5.74, 6) is 0. The molecular formula is C12H20N2. The van der Waals surface area contributed by atoms with Crippen molar-refractivity contribution < 1.29 is 0 Å². The molecule has 1 rings (SSSR count). The SMILES string of the molecule is CNC(c1ccc(C)cn1)C(C)(C)C. The van der Waals surface area contributed by atoms with Gasteiger partial charge in [-0.25, -0.2) is 0 Å². The summed E-state index contributed by atoms with van der Waals surface area (Å²) in [4.78, 5) is 4.45. The van der Waals surface area contributed by atoms with Crippen molar-refractivity contribution in [3.05, 3.63) is 29.6 Å². The zero-order valence-electron chi connectivity index (χ0n) is 9.76. The van der Waals surface area contributed by atoms with Crippen molar-refractivity contribution in [3.8, 4) is 0 Å². The Kier molecular flexibility index (Phi) is 3.27. The van der Waals surface area contributed by atoms with Crippen LogP contribution in [0, 0.1) is 12.3 Å². The third-order valence-electron chi connectivity index (χ3n) is 2.38. The standard InChI is InChI=1S/C12H20N2/c1-9-6-7-10(14-8-9)11(13-5)12(2,3)4/h6-8,11,13H,1-5H3. The third-order valence-corrected chi connectivity index (χ3v) is 2.38. The van der Waals surface area contributed by atoms with Crippen molar-refractivity contribution in [1.82, 2.24) is 10.3 Å². The van der Waals surface area contributed by atoms with E-state index in [2.05, 4.69) is 50.1 Å². The number of aromatic nitrogens is 1. The number of nitrogens with zero attached hydrogens (tertiary/aromatic N) is 1. The second-order valence-corrected chi connectivity index (χ2v) is 4.85. The van der Waals surface area contributed by atoms with E-state index in [9.17, 15) is 0 Å². The Bertz CT molecular complexity index is 282. The molecule has 0 aliphatic rings. The van der Waals surface area contributed by atoms with Crippen molar-refractivity contribution in [2.75, 3.05) is 7.05 Å². The fraction of sp³-hybridized carbons (Fsp3) is 0.583. The average molecular weight is 192 g/mol. The van der Waals surface area contributed by atoms with E-state index >= 15 is 0 Å². The molecule has 0 bridgehead atoms. The summed E-state index contributed by atoms with van der Waals surface area (Å²) in [6.45, 7) is 8.71. The molecule has 0 fully saturated rings. The van der Waals surface area contributed by atoms with E-state index in [4.69, 9.17) is 0 Å². The van der Waals surface area contributed by atoms with Crippen molar-refractivity contribution in [2.45, 2.75) is 33.7 Å². The van der Waals surface area contributed by atoms with Gasteiger partial charge in [-0.2, -0.15) is 0 Å². The molecule has 0 saturated carbocycles. The lowest BCUT2D eigenvalue weighted by Gasteiger charge is -2.29. The molecule has 1 aromatic rings. The molecule has 1 unspecified atom stereocenters. The maximum Gasteiger partial charge on any atom is 0.0578 e. The smallest absolute Gasteiger partial charge is 0.0578 e. The van der Waals surface area contributed by atoms with E-state index in [-0.39, 0.29) is 5.41 Å². The molecule has 0 radical (unpaired) electrons. The van der Waals surface area contributed by atoms with E-state index in [0.29, 0.717) is 6.04 Å². The number of nitrogens with one attached hydrogen (secondary N) is 1. The monoisotopic (exact) mass is 192 g/mol. The Labute approximate surface area is 86.8 Å². The molecular weight excluding hydrogens is 172 g/mol.